The highest BCUT2D eigenvalue weighted by molar-refractivity contribution is 6.31. The fourth-order valence-corrected chi connectivity index (χ4v) is 3.62. The molecule has 3 aromatic rings. The van der Waals surface area contributed by atoms with Crippen LogP contribution in [0.4, 0.5) is 0 Å². The number of allylic oxidation sites excluding steroid dienone is 2. The Morgan fingerprint density at radius 2 is 1.25 bits per heavy atom. The first kappa shape index (κ1) is 16.5. The van der Waals surface area contributed by atoms with Crippen molar-refractivity contribution in [2.75, 3.05) is 7.11 Å². The molecular weight excluding hydrogens is 344 g/mol. The minimum absolute atomic E-state index is 0.832. The van der Waals surface area contributed by atoms with Crippen LogP contribution in [0.5, 0.6) is 5.75 Å². The summed E-state index contributed by atoms with van der Waals surface area (Å²) in [6, 6.07) is 28.6. The Hall–Kier alpha value is -3.72. The first-order valence-electron chi connectivity index (χ1n) is 9.22. The number of ether oxygens (including phenoxy) is 1. The smallest absolute Gasteiger partial charge is 0.118 e. The molecule has 28 heavy (non-hydrogen) atoms. The van der Waals surface area contributed by atoms with Gasteiger partial charge in [-0.1, -0.05) is 60.7 Å². The monoisotopic (exact) mass is 362 g/mol. The van der Waals surface area contributed by atoms with Crippen LogP contribution in [0.25, 0.3) is 11.4 Å². The number of benzene rings is 3. The van der Waals surface area contributed by atoms with Gasteiger partial charge in [0.2, 0.25) is 0 Å². The van der Waals surface area contributed by atoms with Crippen molar-refractivity contribution in [1.82, 2.24) is 0 Å². The number of hydrogen-bond donors (Lipinski definition) is 0. The molecule has 134 valence electrons. The average Bonchev–Trinajstić information content (AvgIpc) is 3.36. The second-order valence-electron chi connectivity index (χ2n) is 6.67. The maximum absolute atomic E-state index is 5.31. The summed E-state index contributed by atoms with van der Waals surface area (Å²) in [5.41, 5.74) is 8.31. The third kappa shape index (κ3) is 2.69. The van der Waals surface area contributed by atoms with Crippen LogP contribution in [0.2, 0.25) is 0 Å². The van der Waals surface area contributed by atoms with Gasteiger partial charge in [-0.3, -0.25) is 4.99 Å². The molecule has 2 heterocycles. The highest BCUT2D eigenvalue weighted by Gasteiger charge is 2.31. The van der Waals surface area contributed by atoms with E-state index >= 15 is 0 Å². The molecule has 0 radical (unpaired) electrons. The summed E-state index contributed by atoms with van der Waals surface area (Å²) < 4.78 is 5.31. The van der Waals surface area contributed by atoms with Gasteiger partial charge >= 0.3 is 0 Å². The van der Waals surface area contributed by atoms with Crippen LogP contribution in [0.15, 0.2) is 106 Å². The van der Waals surface area contributed by atoms with Crippen molar-refractivity contribution >= 4 is 23.3 Å². The standard InChI is InChI=1S/C25H18N2O/c1-28-20-14-12-19(13-15-20)25-22-21(23(27-25)17-8-4-2-5-9-17)16-26-24(22)18-10-6-3-7-11-18/h2-16H,1H3. The third-order valence-electron chi connectivity index (χ3n) is 5.00. The van der Waals surface area contributed by atoms with Crippen LogP contribution < -0.4 is 4.74 Å². The van der Waals surface area contributed by atoms with E-state index in [0.717, 1.165) is 50.7 Å². The van der Waals surface area contributed by atoms with Crippen molar-refractivity contribution in [2.45, 2.75) is 0 Å². The van der Waals surface area contributed by atoms with E-state index in [9.17, 15) is 0 Å². The zero-order valence-corrected chi connectivity index (χ0v) is 15.5. The molecule has 3 aromatic carbocycles. The summed E-state index contributed by atoms with van der Waals surface area (Å²) in [5, 5.41) is 0. The summed E-state index contributed by atoms with van der Waals surface area (Å²) in [6.07, 6.45) is 1.94. The molecule has 0 spiro atoms. The number of fused-ring (bicyclic) bond motifs is 1. The highest BCUT2D eigenvalue weighted by Crippen LogP contribution is 2.41. The number of nitrogens with zero attached hydrogens (tertiary/aromatic N) is 2. The van der Waals surface area contributed by atoms with E-state index in [0.29, 0.717) is 0 Å². The van der Waals surface area contributed by atoms with Gasteiger partial charge in [0, 0.05) is 34.1 Å². The molecule has 3 heteroatoms. The maximum Gasteiger partial charge on any atom is 0.118 e. The quantitative estimate of drug-likeness (QED) is 0.611. The fourth-order valence-electron chi connectivity index (χ4n) is 3.62. The first-order valence-corrected chi connectivity index (χ1v) is 9.22. The van der Waals surface area contributed by atoms with Gasteiger partial charge < -0.3 is 4.74 Å². The van der Waals surface area contributed by atoms with Crippen molar-refractivity contribution < 1.29 is 4.74 Å². The Bertz CT molecular complexity index is 1110. The molecule has 0 aliphatic carbocycles. The Morgan fingerprint density at radius 3 is 1.86 bits per heavy atom. The van der Waals surface area contributed by atoms with Crippen LogP contribution in [-0.2, 0) is 0 Å². The van der Waals surface area contributed by atoms with Gasteiger partial charge in [-0.05, 0) is 24.3 Å². The second-order valence-corrected chi connectivity index (χ2v) is 6.67. The molecule has 2 aliphatic heterocycles. The summed E-state index contributed by atoms with van der Waals surface area (Å²) in [5.74, 6) is 0.832. The minimum Gasteiger partial charge on any atom is -0.497 e. The van der Waals surface area contributed by atoms with E-state index in [2.05, 4.69) is 36.4 Å². The van der Waals surface area contributed by atoms with Gasteiger partial charge in [0.05, 0.1) is 24.2 Å². The molecule has 0 N–H and O–H groups in total. The SMILES string of the molecule is COc1ccc(C2=NC(c3ccccc3)=C3C=NC(c4ccccc4)=C23)cc1. The Labute approximate surface area is 164 Å². The molecule has 0 saturated heterocycles. The van der Waals surface area contributed by atoms with Crippen LogP contribution in [0.3, 0.4) is 0 Å². The van der Waals surface area contributed by atoms with Crippen molar-refractivity contribution in [1.29, 1.82) is 0 Å². The Morgan fingerprint density at radius 1 is 0.643 bits per heavy atom. The van der Waals surface area contributed by atoms with Gasteiger partial charge in [0.15, 0.2) is 0 Å². The number of hydrogen-bond acceptors (Lipinski definition) is 3. The average molecular weight is 362 g/mol. The third-order valence-corrected chi connectivity index (χ3v) is 5.00. The molecule has 0 unspecified atom stereocenters. The van der Waals surface area contributed by atoms with Gasteiger partial charge in [0.25, 0.3) is 0 Å². The lowest BCUT2D eigenvalue weighted by atomic mass is 9.94. The number of aliphatic imine (C=N–C) groups is 2. The van der Waals surface area contributed by atoms with Gasteiger partial charge in [-0.25, -0.2) is 4.99 Å². The molecule has 0 amide bonds. The van der Waals surface area contributed by atoms with Gasteiger partial charge in [-0.15, -0.1) is 0 Å². The van der Waals surface area contributed by atoms with Gasteiger partial charge in [0.1, 0.15) is 5.75 Å². The first-order chi connectivity index (χ1) is 13.8. The predicted octanol–water partition coefficient (Wildman–Crippen LogP) is 5.40. The Balaban J connectivity index is 1.71. The molecule has 0 fully saturated rings. The van der Waals surface area contributed by atoms with E-state index in [-0.39, 0.29) is 0 Å². The summed E-state index contributed by atoms with van der Waals surface area (Å²) in [4.78, 5) is 9.82. The largest absolute Gasteiger partial charge is 0.497 e. The second kappa shape index (κ2) is 6.78. The van der Waals surface area contributed by atoms with E-state index in [1.807, 2.05) is 54.7 Å². The summed E-state index contributed by atoms with van der Waals surface area (Å²) in [7, 11) is 1.68. The molecular formula is C25H18N2O. The van der Waals surface area contributed by atoms with Crippen molar-refractivity contribution in [2.24, 2.45) is 9.98 Å². The van der Waals surface area contributed by atoms with Crippen LogP contribution in [0.1, 0.15) is 16.7 Å². The molecule has 2 aliphatic rings. The maximum atomic E-state index is 5.31. The molecule has 3 nitrogen and oxygen atoms in total. The molecule has 0 aromatic heterocycles. The molecule has 0 bridgehead atoms. The van der Waals surface area contributed by atoms with E-state index < -0.39 is 0 Å². The lowest BCUT2D eigenvalue weighted by molar-refractivity contribution is 0.415. The van der Waals surface area contributed by atoms with Crippen LogP contribution in [0, 0.1) is 0 Å². The minimum atomic E-state index is 0.832. The van der Waals surface area contributed by atoms with E-state index in [1.54, 1.807) is 7.11 Å². The lowest BCUT2D eigenvalue weighted by Crippen LogP contribution is -2.03. The summed E-state index contributed by atoms with van der Waals surface area (Å²) in [6.45, 7) is 0. The predicted molar refractivity (Wildman–Crippen MR) is 115 cm³/mol. The van der Waals surface area contributed by atoms with Crippen molar-refractivity contribution in [3.63, 3.8) is 0 Å². The van der Waals surface area contributed by atoms with E-state index in [4.69, 9.17) is 14.7 Å². The van der Waals surface area contributed by atoms with Crippen molar-refractivity contribution in [3.8, 4) is 5.75 Å². The van der Waals surface area contributed by atoms with E-state index in [1.165, 1.54) is 0 Å². The zero-order valence-electron chi connectivity index (χ0n) is 15.5. The van der Waals surface area contributed by atoms with Crippen LogP contribution in [-0.4, -0.2) is 19.0 Å². The molecule has 0 saturated carbocycles. The highest BCUT2D eigenvalue weighted by atomic mass is 16.5. The zero-order chi connectivity index (χ0) is 18.9. The normalized spacial score (nSPS) is 15.1. The number of methoxy groups -OCH3 is 1. The fraction of sp³-hybridized carbons (Fsp3) is 0.0400. The molecule has 5 rings (SSSR count). The Kier molecular flexibility index (Phi) is 3.99. The van der Waals surface area contributed by atoms with Crippen molar-refractivity contribution in [3.05, 3.63) is 113 Å². The molecule has 0 atom stereocenters. The topological polar surface area (TPSA) is 34.0 Å². The number of rotatable bonds is 4. The van der Waals surface area contributed by atoms with Gasteiger partial charge in [-0.2, -0.15) is 0 Å². The lowest BCUT2D eigenvalue weighted by Gasteiger charge is -2.08. The van der Waals surface area contributed by atoms with Crippen LogP contribution >= 0.6 is 0 Å². The summed E-state index contributed by atoms with van der Waals surface area (Å²) >= 11 is 0.